The van der Waals surface area contributed by atoms with Crippen LogP contribution < -0.4 is 5.32 Å². The smallest absolute Gasteiger partial charge is 0.407 e. The molecule has 0 spiro atoms. The average Bonchev–Trinajstić information content (AvgIpc) is 2.65. The quantitative estimate of drug-likeness (QED) is 0.216. The van der Waals surface area contributed by atoms with Gasteiger partial charge in [-0.15, -0.1) is 6.42 Å². The standard InChI is InChI=1S/C18H22Cl3NO10/c1-5-6-27-16-13(22-17(26)29-8-18(19,20)21)15(31-11(4)25)14(30-10(3)24)12(32-16)7-28-9(2)23/h1,12-16H,6-8H2,2-4H3,(H,22,26)/t12-,13-,14-,15-,16-/m1/s1. The molecule has 0 unspecified atom stereocenters. The van der Waals surface area contributed by atoms with E-state index in [-0.39, 0.29) is 13.2 Å². The number of nitrogens with one attached hydrogen (secondary N) is 1. The molecule has 1 aliphatic rings. The Balaban J connectivity index is 3.25. The van der Waals surface area contributed by atoms with Crippen molar-refractivity contribution in [1.29, 1.82) is 0 Å². The zero-order chi connectivity index (χ0) is 24.5. The van der Waals surface area contributed by atoms with E-state index in [1.165, 1.54) is 0 Å². The molecule has 1 amide bonds. The largest absolute Gasteiger partial charge is 0.463 e. The van der Waals surface area contributed by atoms with Gasteiger partial charge < -0.3 is 33.7 Å². The normalized spacial score (nSPS) is 25.1. The summed E-state index contributed by atoms with van der Waals surface area (Å²) in [5, 5.41) is 2.36. The molecule has 5 atom stereocenters. The fourth-order valence-corrected chi connectivity index (χ4v) is 2.82. The van der Waals surface area contributed by atoms with E-state index in [1.807, 2.05) is 0 Å². The van der Waals surface area contributed by atoms with Gasteiger partial charge in [0.2, 0.25) is 3.79 Å². The molecule has 0 aromatic carbocycles. The van der Waals surface area contributed by atoms with Crippen LogP contribution >= 0.6 is 34.8 Å². The van der Waals surface area contributed by atoms with Crippen molar-refractivity contribution in [2.75, 3.05) is 19.8 Å². The van der Waals surface area contributed by atoms with Crippen LogP contribution in [0.3, 0.4) is 0 Å². The average molecular weight is 519 g/mol. The van der Waals surface area contributed by atoms with Gasteiger partial charge in [-0.05, 0) is 0 Å². The molecule has 0 aromatic heterocycles. The number of alkyl halides is 3. The summed E-state index contributed by atoms with van der Waals surface area (Å²) < 4.78 is 29.5. The fourth-order valence-electron chi connectivity index (χ4n) is 2.65. The van der Waals surface area contributed by atoms with E-state index < -0.39 is 65.0 Å². The first-order valence-electron chi connectivity index (χ1n) is 9.02. The van der Waals surface area contributed by atoms with Crippen LogP contribution in [0.2, 0.25) is 0 Å². The second-order valence-corrected chi connectivity index (χ2v) is 8.89. The molecule has 11 nitrogen and oxygen atoms in total. The van der Waals surface area contributed by atoms with E-state index >= 15 is 0 Å². The molecule has 180 valence electrons. The minimum Gasteiger partial charge on any atom is -0.463 e. The Morgan fingerprint density at radius 3 is 2.09 bits per heavy atom. The summed E-state index contributed by atoms with van der Waals surface area (Å²) in [7, 11) is 0. The molecule has 32 heavy (non-hydrogen) atoms. The van der Waals surface area contributed by atoms with Gasteiger partial charge in [0.15, 0.2) is 18.5 Å². The molecule has 1 N–H and O–H groups in total. The number of ether oxygens (including phenoxy) is 6. The third-order valence-corrected chi connectivity index (χ3v) is 4.01. The first-order valence-corrected chi connectivity index (χ1v) is 10.2. The monoisotopic (exact) mass is 517 g/mol. The van der Waals surface area contributed by atoms with Crippen molar-refractivity contribution in [1.82, 2.24) is 5.32 Å². The SMILES string of the molecule is C#CCO[C@@H]1O[C@H](COC(C)=O)[C@@H](OC(C)=O)[C@H](OC(C)=O)[C@H]1NC(=O)OCC(Cl)(Cl)Cl. The number of carbonyl (C=O) groups is 4. The summed E-state index contributed by atoms with van der Waals surface area (Å²) in [5.41, 5.74) is 0. The maximum Gasteiger partial charge on any atom is 0.407 e. The second kappa shape index (κ2) is 12.9. The van der Waals surface area contributed by atoms with Gasteiger partial charge in [0, 0.05) is 20.8 Å². The van der Waals surface area contributed by atoms with Crippen LogP contribution in [-0.4, -0.2) is 78.3 Å². The van der Waals surface area contributed by atoms with Crippen LogP contribution in [0.4, 0.5) is 4.79 Å². The molecule has 0 radical (unpaired) electrons. The van der Waals surface area contributed by atoms with Crippen LogP contribution in [0, 0.1) is 12.3 Å². The molecular weight excluding hydrogens is 497 g/mol. The Morgan fingerprint density at radius 1 is 1.00 bits per heavy atom. The molecule has 14 heteroatoms. The summed E-state index contributed by atoms with van der Waals surface area (Å²) in [5.74, 6) is 0.0381. The van der Waals surface area contributed by atoms with Gasteiger partial charge in [-0.3, -0.25) is 14.4 Å². The molecule has 0 saturated carbocycles. The maximum atomic E-state index is 12.3. The Hall–Kier alpha value is -1.97. The summed E-state index contributed by atoms with van der Waals surface area (Å²) in [6, 6.07) is -1.28. The number of halogens is 3. The third kappa shape index (κ3) is 10.1. The molecule has 0 bridgehead atoms. The molecule has 1 aliphatic heterocycles. The lowest BCUT2D eigenvalue weighted by Crippen LogP contribution is -2.66. The van der Waals surface area contributed by atoms with Crippen LogP contribution in [-0.2, 0) is 42.8 Å². The highest BCUT2D eigenvalue weighted by Gasteiger charge is 2.51. The van der Waals surface area contributed by atoms with Crippen molar-refractivity contribution in [2.24, 2.45) is 0 Å². The van der Waals surface area contributed by atoms with Crippen LogP contribution in [0.5, 0.6) is 0 Å². The van der Waals surface area contributed by atoms with Gasteiger partial charge in [-0.1, -0.05) is 40.7 Å². The topological polar surface area (TPSA) is 136 Å². The predicted molar refractivity (Wildman–Crippen MR) is 110 cm³/mol. The zero-order valence-electron chi connectivity index (χ0n) is 17.3. The Morgan fingerprint density at radius 2 is 1.59 bits per heavy atom. The van der Waals surface area contributed by atoms with Crippen molar-refractivity contribution in [3.63, 3.8) is 0 Å². The lowest BCUT2D eigenvalue weighted by Gasteiger charge is -2.44. The number of rotatable bonds is 8. The number of amides is 1. The number of carbonyl (C=O) groups excluding carboxylic acids is 4. The summed E-state index contributed by atoms with van der Waals surface area (Å²) in [4.78, 5) is 47.0. The van der Waals surface area contributed by atoms with Crippen LogP contribution in [0.25, 0.3) is 0 Å². The van der Waals surface area contributed by atoms with E-state index in [2.05, 4.69) is 11.2 Å². The number of esters is 3. The first kappa shape index (κ1) is 28.1. The highest BCUT2D eigenvalue weighted by molar-refractivity contribution is 6.67. The van der Waals surface area contributed by atoms with E-state index in [0.29, 0.717) is 0 Å². The molecule has 1 heterocycles. The molecule has 1 rings (SSSR count). The maximum absolute atomic E-state index is 12.3. The number of alkyl carbamates (subject to hydrolysis) is 1. The predicted octanol–water partition coefficient (Wildman–Crippen LogP) is 1.25. The van der Waals surface area contributed by atoms with Crippen LogP contribution in [0.15, 0.2) is 0 Å². The number of terminal acetylenes is 1. The summed E-state index contributed by atoms with van der Waals surface area (Å²) in [6.45, 7) is 2.10. The summed E-state index contributed by atoms with van der Waals surface area (Å²) in [6.07, 6.45) is -0.991. The van der Waals surface area contributed by atoms with Gasteiger partial charge in [-0.25, -0.2) is 4.79 Å². The fraction of sp³-hybridized carbons (Fsp3) is 0.667. The van der Waals surface area contributed by atoms with E-state index in [0.717, 1.165) is 20.8 Å². The van der Waals surface area contributed by atoms with Gasteiger partial charge in [0.05, 0.1) is 0 Å². The van der Waals surface area contributed by atoms with E-state index in [4.69, 9.17) is 69.6 Å². The highest BCUT2D eigenvalue weighted by atomic mass is 35.6. The molecule has 0 aromatic rings. The molecule has 1 saturated heterocycles. The van der Waals surface area contributed by atoms with Crippen molar-refractivity contribution in [3.05, 3.63) is 0 Å². The van der Waals surface area contributed by atoms with Gasteiger partial charge in [-0.2, -0.15) is 0 Å². The Labute approximate surface area is 199 Å². The first-order chi connectivity index (χ1) is 14.8. The minimum atomic E-state index is -1.88. The van der Waals surface area contributed by atoms with Gasteiger partial charge in [0.25, 0.3) is 0 Å². The van der Waals surface area contributed by atoms with Crippen LogP contribution in [0.1, 0.15) is 20.8 Å². The molecule has 1 fully saturated rings. The van der Waals surface area contributed by atoms with Gasteiger partial charge in [0.1, 0.15) is 32.0 Å². The highest BCUT2D eigenvalue weighted by Crippen LogP contribution is 2.29. The summed E-state index contributed by atoms with van der Waals surface area (Å²) >= 11 is 16.7. The van der Waals surface area contributed by atoms with Crippen molar-refractivity contribution < 1.29 is 47.6 Å². The van der Waals surface area contributed by atoms with E-state index in [1.54, 1.807) is 0 Å². The third-order valence-electron chi connectivity index (χ3n) is 3.68. The Kier molecular flexibility index (Phi) is 11.3. The number of hydrogen-bond donors (Lipinski definition) is 1. The Bertz CT molecular complexity index is 735. The van der Waals surface area contributed by atoms with Crippen molar-refractivity contribution in [3.8, 4) is 12.3 Å². The molecule has 0 aliphatic carbocycles. The lowest BCUT2D eigenvalue weighted by molar-refractivity contribution is -0.274. The van der Waals surface area contributed by atoms with Crippen molar-refractivity contribution in [2.45, 2.75) is 55.2 Å². The lowest BCUT2D eigenvalue weighted by atomic mass is 9.96. The number of hydrogen-bond acceptors (Lipinski definition) is 10. The second-order valence-electron chi connectivity index (χ2n) is 6.37. The van der Waals surface area contributed by atoms with E-state index in [9.17, 15) is 19.2 Å². The molecular formula is C18H22Cl3NO10. The zero-order valence-corrected chi connectivity index (χ0v) is 19.6. The minimum absolute atomic E-state index is 0.267. The van der Waals surface area contributed by atoms with Crippen molar-refractivity contribution >= 4 is 58.8 Å². The van der Waals surface area contributed by atoms with Gasteiger partial charge >= 0.3 is 24.0 Å².